The van der Waals surface area contributed by atoms with Gasteiger partial charge in [-0.15, -0.1) is 0 Å². The fourth-order valence-electron chi connectivity index (χ4n) is 1.88. The van der Waals surface area contributed by atoms with Gasteiger partial charge in [0.15, 0.2) is 0 Å². The SMILES string of the molecule is CC(C)(NC(=O)c1nc(N)ccc1Cl)C1CC1. The summed E-state index contributed by atoms with van der Waals surface area (Å²) in [6.07, 6.45) is 2.32. The van der Waals surface area contributed by atoms with Crippen molar-refractivity contribution < 1.29 is 4.79 Å². The molecule has 2 rings (SSSR count). The number of nitrogen functional groups attached to an aromatic ring is 1. The summed E-state index contributed by atoms with van der Waals surface area (Å²) in [5.41, 5.74) is 5.53. The van der Waals surface area contributed by atoms with Gasteiger partial charge in [0.05, 0.1) is 5.02 Å². The molecule has 5 heteroatoms. The van der Waals surface area contributed by atoms with Crippen LogP contribution < -0.4 is 11.1 Å². The van der Waals surface area contributed by atoms with Crippen LogP contribution in [0.25, 0.3) is 0 Å². The average Bonchev–Trinajstić information content (AvgIpc) is 3.04. The quantitative estimate of drug-likeness (QED) is 0.868. The van der Waals surface area contributed by atoms with E-state index >= 15 is 0 Å². The standard InChI is InChI=1S/C12H16ClN3O/c1-12(2,7-3-4-7)16-11(17)10-8(13)5-6-9(14)15-10/h5-7H,3-4H2,1-2H3,(H2,14,15)(H,16,17). The maximum absolute atomic E-state index is 12.1. The van der Waals surface area contributed by atoms with Crippen LogP contribution >= 0.6 is 11.6 Å². The van der Waals surface area contributed by atoms with Gasteiger partial charge in [-0.1, -0.05) is 11.6 Å². The van der Waals surface area contributed by atoms with E-state index in [1.165, 1.54) is 0 Å². The molecule has 0 radical (unpaired) electrons. The predicted molar refractivity (Wildman–Crippen MR) is 67.9 cm³/mol. The van der Waals surface area contributed by atoms with E-state index in [9.17, 15) is 4.79 Å². The molecule has 1 aliphatic rings. The molecule has 0 bridgehead atoms. The summed E-state index contributed by atoms with van der Waals surface area (Å²) < 4.78 is 0. The first kappa shape index (κ1) is 12.2. The van der Waals surface area contributed by atoms with Crippen molar-refractivity contribution in [1.29, 1.82) is 0 Å². The minimum Gasteiger partial charge on any atom is -0.384 e. The molecule has 4 nitrogen and oxygen atoms in total. The largest absolute Gasteiger partial charge is 0.384 e. The van der Waals surface area contributed by atoms with Crippen molar-refractivity contribution in [2.45, 2.75) is 32.2 Å². The molecule has 0 aromatic carbocycles. The molecule has 0 aliphatic heterocycles. The number of aromatic nitrogens is 1. The highest BCUT2D eigenvalue weighted by atomic mass is 35.5. The Morgan fingerprint density at radius 1 is 1.53 bits per heavy atom. The molecule has 0 atom stereocenters. The first-order valence-corrected chi connectivity index (χ1v) is 6.02. The van der Waals surface area contributed by atoms with E-state index < -0.39 is 0 Å². The van der Waals surface area contributed by atoms with E-state index in [4.69, 9.17) is 17.3 Å². The first-order chi connectivity index (χ1) is 7.90. The summed E-state index contributed by atoms with van der Waals surface area (Å²) in [7, 11) is 0. The van der Waals surface area contributed by atoms with Crippen LogP contribution in [0.2, 0.25) is 5.02 Å². The van der Waals surface area contributed by atoms with Gasteiger partial charge in [-0.3, -0.25) is 4.79 Å². The van der Waals surface area contributed by atoms with Gasteiger partial charge in [-0.25, -0.2) is 4.98 Å². The topological polar surface area (TPSA) is 68.0 Å². The summed E-state index contributed by atoms with van der Waals surface area (Å²) in [6, 6.07) is 3.16. The second-order valence-electron chi connectivity index (χ2n) is 5.02. The van der Waals surface area contributed by atoms with Crippen LogP contribution in [0.1, 0.15) is 37.2 Å². The van der Waals surface area contributed by atoms with Crippen molar-refractivity contribution in [3.8, 4) is 0 Å². The van der Waals surface area contributed by atoms with Crippen molar-refractivity contribution in [2.75, 3.05) is 5.73 Å². The minimum atomic E-state index is -0.265. The van der Waals surface area contributed by atoms with Crippen LogP contribution in [-0.2, 0) is 0 Å². The molecular formula is C12H16ClN3O. The highest BCUT2D eigenvalue weighted by Crippen LogP contribution is 2.39. The molecule has 3 N–H and O–H groups in total. The number of pyridine rings is 1. The summed E-state index contributed by atoms with van der Waals surface area (Å²) in [5, 5.41) is 3.28. The van der Waals surface area contributed by atoms with Gasteiger partial charge >= 0.3 is 0 Å². The molecule has 1 amide bonds. The van der Waals surface area contributed by atoms with Gasteiger partial charge in [0.2, 0.25) is 0 Å². The molecule has 0 unspecified atom stereocenters. The van der Waals surface area contributed by atoms with Crippen molar-refractivity contribution in [1.82, 2.24) is 10.3 Å². The number of nitrogens with zero attached hydrogens (tertiary/aromatic N) is 1. The maximum Gasteiger partial charge on any atom is 0.271 e. The molecule has 1 aromatic rings. The number of rotatable bonds is 3. The van der Waals surface area contributed by atoms with Crippen LogP contribution in [0.15, 0.2) is 12.1 Å². The third kappa shape index (κ3) is 2.69. The van der Waals surface area contributed by atoms with Gasteiger partial charge in [-0.2, -0.15) is 0 Å². The maximum atomic E-state index is 12.1. The molecule has 0 saturated heterocycles. The zero-order chi connectivity index (χ0) is 12.6. The minimum absolute atomic E-state index is 0.195. The van der Waals surface area contributed by atoms with E-state index in [1.54, 1.807) is 12.1 Å². The summed E-state index contributed by atoms with van der Waals surface area (Å²) in [6.45, 7) is 4.03. The Morgan fingerprint density at radius 2 is 2.18 bits per heavy atom. The number of hydrogen-bond donors (Lipinski definition) is 2. The van der Waals surface area contributed by atoms with E-state index in [2.05, 4.69) is 10.3 Å². The third-order valence-electron chi connectivity index (χ3n) is 3.12. The van der Waals surface area contributed by atoms with Gasteiger partial charge in [0.25, 0.3) is 5.91 Å². The van der Waals surface area contributed by atoms with Crippen LogP contribution in [0.5, 0.6) is 0 Å². The Morgan fingerprint density at radius 3 is 2.76 bits per heavy atom. The lowest BCUT2D eigenvalue weighted by molar-refractivity contribution is 0.0898. The Kier molecular flexibility index (Phi) is 3.00. The number of hydrogen-bond acceptors (Lipinski definition) is 3. The smallest absolute Gasteiger partial charge is 0.271 e. The monoisotopic (exact) mass is 253 g/mol. The van der Waals surface area contributed by atoms with E-state index in [0.717, 1.165) is 12.8 Å². The summed E-state index contributed by atoms with van der Waals surface area (Å²) in [4.78, 5) is 16.0. The molecule has 0 spiro atoms. The fourth-order valence-corrected chi connectivity index (χ4v) is 2.07. The van der Waals surface area contributed by atoms with Crippen LogP contribution in [-0.4, -0.2) is 16.4 Å². The van der Waals surface area contributed by atoms with Gasteiger partial charge in [0, 0.05) is 5.54 Å². The highest BCUT2D eigenvalue weighted by molar-refractivity contribution is 6.33. The molecular weight excluding hydrogens is 238 g/mol. The molecule has 1 saturated carbocycles. The number of halogens is 1. The number of nitrogens with one attached hydrogen (secondary N) is 1. The second-order valence-corrected chi connectivity index (χ2v) is 5.42. The van der Waals surface area contributed by atoms with E-state index in [0.29, 0.717) is 16.8 Å². The molecule has 1 aliphatic carbocycles. The summed E-state index contributed by atoms with van der Waals surface area (Å²) >= 11 is 5.94. The zero-order valence-corrected chi connectivity index (χ0v) is 10.7. The number of nitrogens with two attached hydrogens (primary N) is 1. The third-order valence-corrected chi connectivity index (χ3v) is 3.42. The molecule has 17 heavy (non-hydrogen) atoms. The molecule has 1 fully saturated rings. The molecule has 1 aromatic heterocycles. The number of anilines is 1. The zero-order valence-electron chi connectivity index (χ0n) is 9.96. The molecule has 1 heterocycles. The van der Waals surface area contributed by atoms with Crippen LogP contribution in [0, 0.1) is 5.92 Å². The van der Waals surface area contributed by atoms with E-state index in [1.807, 2.05) is 13.8 Å². The molecule has 92 valence electrons. The van der Waals surface area contributed by atoms with Crippen molar-refractivity contribution in [2.24, 2.45) is 5.92 Å². The lowest BCUT2D eigenvalue weighted by Crippen LogP contribution is -2.45. The lowest BCUT2D eigenvalue weighted by atomic mass is 9.98. The van der Waals surface area contributed by atoms with Crippen molar-refractivity contribution in [3.63, 3.8) is 0 Å². The number of amides is 1. The van der Waals surface area contributed by atoms with Crippen LogP contribution in [0.4, 0.5) is 5.82 Å². The Bertz CT molecular complexity index is 455. The Balaban J connectivity index is 2.16. The summed E-state index contributed by atoms with van der Waals surface area (Å²) in [5.74, 6) is 0.578. The van der Waals surface area contributed by atoms with Gasteiger partial charge < -0.3 is 11.1 Å². The van der Waals surface area contributed by atoms with Crippen molar-refractivity contribution in [3.05, 3.63) is 22.8 Å². The first-order valence-electron chi connectivity index (χ1n) is 5.64. The van der Waals surface area contributed by atoms with Gasteiger partial charge in [0.1, 0.15) is 11.5 Å². The second kappa shape index (κ2) is 4.18. The number of carbonyl (C=O) groups excluding carboxylic acids is 1. The Hall–Kier alpha value is -1.29. The fraction of sp³-hybridized carbons (Fsp3) is 0.500. The van der Waals surface area contributed by atoms with Crippen molar-refractivity contribution >= 4 is 23.3 Å². The van der Waals surface area contributed by atoms with Gasteiger partial charge in [-0.05, 0) is 44.7 Å². The average molecular weight is 254 g/mol. The predicted octanol–water partition coefficient (Wildman–Crippen LogP) is 2.24. The Labute approximate surface area is 106 Å². The number of carbonyl (C=O) groups is 1. The highest BCUT2D eigenvalue weighted by Gasteiger charge is 2.39. The van der Waals surface area contributed by atoms with E-state index in [-0.39, 0.29) is 17.1 Å². The lowest BCUT2D eigenvalue weighted by Gasteiger charge is -2.26. The normalized spacial score (nSPS) is 15.7. The van der Waals surface area contributed by atoms with Crippen LogP contribution in [0.3, 0.4) is 0 Å².